The molecule has 3 nitrogen and oxygen atoms in total. The van der Waals surface area contributed by atoms with Gasteiger partial charge in [-0.05, 0) is 6.07 Å². The van der Waals surface area contributed by atoms with E-state index >= 15 is 0 Å². The van der Waals surface area contributed by atoms with Crippen LogP contribution in [0.2, 0.25) is 0 Å². The fourth-order valence-electron chi connectivity index (χ4n) is 1.20. The molecule has 1 heterocycles. The lowest BCUT2D eigenvalue weighted by molar-refractivity contribution is 0.150. The summed E-state index contributed by atoms with van der Waals surface area (Å²) < 4.78 is 25.2. The Morgan fingerprint density at radius 2 is 2.27 bits per heavy atom. The van der Waals surface area contributed by atoms with Gasteiger partial charge in [0.05, 0.1) is 24.1 Å². The Bertz CT molecular complexity index is 401. The molecule has 15 heavy (non-hydrogen) atoms. The molecule has 0 aliphatic rings. The Morgan fingerprint density at radius 3 is 2.73 bits per heavy atom. The van der Waals surface area contributed by atoms with Crippen molar-refractivity contribution in [3.8, 4) is 6.07 Å². The maximum absolute atomic E-state index is 12.6. The fraction of sp³-hybridized carbons (Fsp3) is 0.333. The van der Waals surface area contributed by atoms with Gasteiger partial charge in [-0.3, -0.25) is 0 Å². The summed E-state index contributed by atoms with van der Waals surface area (Å²) in [5, 5.41) is 8.47. The summed E-state index contributed by atoms with van der Waals surface area (Å²) in [6, 6.07) is 2.95. The van der Waals surface area contributed by atoms with Crippen LogP contribution in [-0.2, 0) is 12.3 Å². The van der Waals surface area contributed by atoms with Crippen LogP contribution >= 0.6 is 11.6 Å². The van der Waals surface area contributed by atoms with Gasteiger partial charge >= 0.3 is 0 Å². The lowest BCUT2D eigenvalue weighted by Crippen LogP contribution is -2.05. The standard InChI is InChI=1S/C9H8ClF2N3/c10-4-5-3-7(8(11)12)6(1-2-13)9(14)15-5/h3,8H,1,4H2,(H2,14,15). The van der Waals surface area contributed by atoms with E-state index < -0.39 is 6.43 Å². The van der Waals surface area contributed by atoms with Gasteiger partial charge in [0.1, 0.15) is 5.82 Å². The molecule has 0 fully saturated rings. The molecule has 0 spiro atoms. The second-order valence-corrected chi connectivity index (χ2v) is 3.10. The molecular weight excluding hydrogens is 224 g/mol. The topological polar surface area (TPSA) is 62.7 Å². The number of rotatable bonds is 3. The van der Waals surface area contributed by atoms with Crippen molar-refractivity contribution < 1.29 is 8.78 Å². The summed E-state index contributed by atoms with van der Waals surface area (Å²) in [5.41, 5.74) is 5.57. The van der Waals surface area contributed by atoms with E-state index in [1.54, 1.807) is 6.07 Å². The van der Waals surface area contributed by atoms with Gasteiger partial charge in [0.15, 0.2) is 0 Å². The minimum atomic E-state index is -2.68. The molecule has 0 aromatic carbocycles. The van der Waals surface area contributed by atoms with Gasteiger partial charge in [-0.25, -0.2) is 13.8 Å². The summed E-state index contributed by atoms with van der Waals surface area (Å²) in [6.45, 7) is 0. The summed E-state index contributed by atoms with van der Waals surface area (Å²) in [7, 11) is 0. The Balaban J connectivity index is 3.30. The Kier molecular flexibility index (Phi) is 3.81. The van der Waals surface area contributed by atoms with E-state index in [9.17, 15) is 8.78 Å². The summed E-state index contributed by atoms with van der Waals surface area (Å²) in [4.78, 5) is 3.81. The van der Waals surface area contributed by atoms with Gasteiger partial charge in [0, 0.05) is 11.1 Å². The third-order valence-corrected chi connectivity index (χ3v) is 2.15. The van der Waals surface area contributed by atoms with Crippen LogP contribution in [0.4, 0.5) is 14.6 Å². The van der Waals surface area contributed by atoms with Crippen molar-refractivity contribution in [3.05, 3.63) is 22.9 Å². The minimum absolute atomic E-state index is 0.0107. The first-order valence-corrected chi connectivity index (χ1v) is 4.62. The maximum atomic E-state index is 12.6. The smallest absolute Gasteiger partial charge is 0.264 e. The molecule has 0 unspecified atom stereocenters. The van der Waals surface area contributed by atoms with Crippen molar-refractivity contribution in [2.24, 2.45) is 0 Å². The normalized spacial score (nSPS) is 10.3. The molecule has 0 radical (unpaired) electrons. The van der Waals surface area contributed by atoms with Crippen LogP contribution in [0.5, 0.6) is 0 Å². The lowest BCUT2D eigenvalue weighted by Gasteiger charge is -2.10. The number of halogens is 3. The van der Waals surface area contributed by atoms with Gasteiger partial charge in [-0.1, -0.05) is 0 Å². The summed E-state index contributed by atoms with van der Waals surface area (Å²) in [6.07, 6.45) is -2.86. The maximum Gasteiger partial charge on any atom is 0.264 e. The molecule has 0 bridgehead atoms. The third kappa shape index (κ3) is 2.54. The quantitative estimate of drug-likeness (QED) is 0.813. The molecule has 0 aliphatic carbocycles. The number of nitriles is 1. The summed E-state index contributed by atoms with van der Waals surface area (Å²) >= 11 is 5.48. The molecule has 1 aromatic heterocycles. The predicted molar refractivity (Wildman–Crippen MR) is 52.5 cm³/mol. The number of hydrogen-bond donors (Lipinski definition) is 1. The number of nitrogens with two attached hydrogens (primary N) is 1. The Labute approximate surface area is 90.5 Å². The average Bonchev–Trinajstić information content (AvgIpc) is 2.20. The molecule has 0 saturated heterocycles. The van der Waals surface area contributed by atoms with Gasteiger partial charge in [-0.15, -0.1) is 11.6 Å². The highest BCUT2D eigenvalue weighted by molar-refractivity contribution is 6.16. The number of anilines is 1. The van der Waals surface area contributed by atoms with Crippen LogP contribution < -0.4 is 5.73 Å². The molecule has 1 aromatic rings. The van der Waals surface area contributed by atoms with E-state index in [0.717, 1.165) is 0 Å². The van der Waals surface area contributed by atoms with Crippen molar-refractivity contribution in [1.82, 2.24) is 4.98 Å². The van der Waals surface area contributed by atoms with Crippen molar-refractivity contribution in [1.29, 1.82) is 5.26 Å². The number of nitrogen functional groups attached to an aromatic ring is 1. The van der Waals surface area contributed by atoms with Crippen molar-refractivity contribution in [2.45, 2.75) is 18.7 Å². The average molecular weight is 232 g/mol. The third-order valence-electron chi connectivity index (χ3n) is 1.87. The van der Waals surface area contributed by atoms with Crippen LogP contribution in [0.1, 0.15) is 23.2 Å². The second kappa shape index (κ2) is 4.89. The molecule has 6 heteroatoms. The highest BCUT2D eigenvalue weighted by Gasteiger charge is 2.17. The minimum Gasteiger partial charge on any atom is -0.383 e. The number of aromatic nitrogens is 1. The Hall–Kier alpha value is -1.41. The van der Waals surface area contributed by atoms with E-state index in [1.165, 1.54) is 6.07 Å². The van der Waals surface area contributed by atoms with Crippen molar-refractivity contribution in [2.75, 3.05) is 5.73 Å². The van der Waals surface area contributed by atoms with E-state index in [-0.39, 0.29) is 34.9 Å². The van der Waals surface area contributed by atoms with Crippen molar-refractivity contribution in [3.63, 3.8) is 0 Å². The molecule has 2 N–H and O–H groups in total. The number of pyridine rings is 1. The van der Waals surface area contributed by atoms with Crippen LogP contribution in [0.25, 0.3) is 0 Å². The van der Waals surface area contributed by atoms with Gasteiger partial charge in [0.2, 0.25) is 0 Å². The first-order chi connectivity index (χ1) is 7.10. The van der Waals surface area contributed by atoms with Gasteiger partial charge in [-0.2, -0.15) is 5.26 Å². The summed E-state index contributed by atoms with van der Waals surface area (Å²) in [5.74, 6) is -0.0403. The fourth-order valence-corrected chi connectivity index (χ4v) is 1.34. The second-order valence-electron chi connectivity index (χ2n) is 2.84. The van der Waals surface area contributed by atoms with Crippen LogP contribution in [0.15, 0.2) is 6.07 Å². The predicted octanol–water partition coefficient (Wildman–Crippen LogP) is 2.41. The molecule has 80 valence electrons. The first kappa shape index (κ1) is 11.7. The number of alkyl halides is 3. The molecule has 0 aliphatic heterocycles. The zero-order chi connectivity index (χ0) is 11.4. The largest absolute Gasteiger partial charge is 0.383 e. The van der Waals surface area contributed by atoms with Gasteiger partial charge < -0.3 is 5.73 Å². The van der Waals surface area contributed by atoms with Gasteiger partial charge in [0.25, 0.3) is 6.43 Å². The van der Waals surface area contributed by atoms with Crippen LogP contribution in [0, 0.1) is 11.3 Å². The van der Waals surface area contributed by atoms with E-state index in [1.807, 2.05) is 0 Å². The number of hydrogen-bond acceptors (Lipinski definition) is 3. The molecule has 0 amide bonds. The monoisotopic (exact) mass is 231 g/mol. The molecule has 1 rings (SSSR count). The van der Waals surface area contributed by atoms with Crippen LogP contribution in [-0.4, -0.2) is 4.98 Å². The first-order valence-electron chi connectivity index (χ1n) is 4.09. The zero-order valence-corrected chi connectivity index (χ0v) is 8.43. The van der Waals surface area contributed by atoms with Crippen molar-refractivity contribution >= 4 is 17.4 Å². The number of nitrogens with zero attached hydrogens (tertiary/aromatic N) is 2. The van der Waals surface area contributed by atoms with E-state index in [4.69, 9.17) is 22.6 Å². The van der Waals surface area contributed by atoms with Crippen LogP contribution in [0.3, 0.4) is 0 Å². The highest BCUT2D eigenvalue weighted by Crippen LogP contribution is 2.27. The molecule has 0 saturated carbocycles. The molecular formula is C9H8ClF2N3. The van der Waals surface area contributed by atoms with E-state index in [2.05, 4.69) is 4.98 Å². The SMILES string of the molecule is N#CCc1c(C(F)F)cc(CCl)nc1N. The highest BCUT2D eigenvalue weighted by atomic mass is 35.5. The molecule has 0 atom stereocenters. The Morgan fingerprint density at radius 1 is 1.60 bits per heavy atom. The van der Waals surface area contributed by atoms with E-state index in [0.29, 0.717) is 0 Å². The zero-order valence-electron chi connectivity index (χ0n) is 7.67. The lowest BCUT2D eigenvalue weighted by atomic mass is 10.1.